The van der Waals surface area contributed by atoms with E-state index in [4.69, 9.17) is 9.47 Å². The van der Waals surface area contributed by atoms with Crippen molar-refractivity contribution in [3.05, 3.63) is 59.4 Å². The van der Waals surface area contributed by atoms with Gasteiger partial charge in [0, 0.05) is 19.2 Å². The van der Waals surface area contributed by atoms with Gasteiger partial charge < -0.3 is 14.8 Å². The third kappa shape index (κ3) is 3.57. The van der Waals surface area contributed by atoms with Crippen molar-refractivity contribution in [1.82, 2.24) is 5.32 Å². The van der Waals surface area contributed by atoms with Gasteiger partial charge in [0.2, 0.25) is 0 Å². The molecule has 1 N–H and O–H groups in total. The number of ether oxygens (including phenoxy) is 2. The lowest BCUT2D eigenvalue weighted by molar-refractivity contribution is 0.169. The summed E-state index contributed by atoms with van der Waals surface area (Å²) < 4.78 is 24.1. The Morgan fingerprint density at radius 2 is 2.05 bits per heavy atom. The largest absolute Gasteiger partial charge is 0.497 e. The number of rotatable bonds is 5. The van der Waals surface area contributed by atoms with Crippen molar-refractivity contribution >= 4 is 0 Å². The van der Waals surface area contributed by atoms with Gasteiger partial charge in [0.05, 0.1) is 7.11 Å². The second-order valence-corrected chi connectivity index (χ2v) is 5.51. The highest BCUT2D eigenvalue weighted by Gasteiger charge is 2.19. The number of hydrogen-bond acceptors (Lipinski definition) is 3. The van der Waals surface area contributed by atoms with E-state index in [2.05, 4.69) is 11.4 Å². The van der Waals surface area contributed by atoms with Crippen LogP contribution in [0.3, 0.4) is 0 Å². The molecule has 0 aliphatic carbocycles. The zero-order valence-corrected chi connectivity index (χ0v) is 12.6. The molecule has 1 aliphatic heterocycles. The van der Waals surface area contributed by atoms with Crippen molar-refractivity contribution in [3.63, 3.8) is 0 Å². The summed E-state index contributed by atoms with van der Waals surface area (Å²) in [7, 11) is 1.66. The van der Waals surface area contributed by atoms with E-state index in [9.17, 15) is 4.39 Å². The van der Waals surface area contributed by atoms with Crippen LogP contribution in [-0.4, -0.2) is 19.8 Å². The van der Waals surface area contributed by atoms with Gasteiger partial charge in [-0.05, 0) is 42.2 Å². The van der Waals surface area contributed by atoms with Crippen LogP contribution >= 0.6 is 0 Å². The van der Waals surface area contributed by atoms with Gasteiger partial charge in [0.15, 0.2) is 0 Å². The first-order chi connectivity index (χ1) is 10.7. The highest BCUT2D eigenvalue weighted by molar-refractivity contribution is 5.42. The quantitative estimate of drug-likeness (QED) is 0.919. The number of methoxy groups -OCH3 is 1. The van der Waals surface area contributed by atoms with E-state index in [0.717, 1.165) is 36.4 Å². The molecule has 0 aromatic heterocycles. The van der Waals surface area contributed by atoms with E-state index in [1.54, 1.807) is 19.2 Å². The highest BCUT2D eigenvalue weighted by Crippen LogP contribution is 2.31. The summed E-state index contributed by atoms with van der Waals surface area (Å²) in [6.07, 6.45) is 2.16. The predicted molar refractivity (Wildman–Crippen MR) is 83.8 cm³/mol. The molecule has 0 spiro atoms. The molecule has 1 aliphatic rings. The summed E-state index contributed by atoms with van der Waals surface area (Å²) in [5, 5.41) is 3.37. The Kier molecular flexibility index (Phi) is 4.59. The third-order valence-electron chi connectivity index (χ3n) is 3.92. The van der Waals surface area contributed by atoms with Crippen LogP contribution in [0, 0.1) is 5.82 Å². The van der Waals surface area contributed by atoms with Gasteiger partial charge in [-0.25, -0.2) is 4.39 Å². The normalized spacial score (nSPS) is 16.7. The molecule has 0 amide bonds. The van der Waals surface area contributed by atoms with Crippen LogP contribution in [0.1, 0.15) is 17.5 Å². The summed E-state index contributed by atoms with van der Waals surface area (Å²) in [5.41, 5.74) is 2.30. The Labute approximate surface area is 130 Å². The number of aryl methyl sites for hydroxylation is 1. The Balaban J connectivity index is 1.52. The van der Waals surface area contributed by atoms with Crippen LogP contribution in [0.25, 0.3) is 0 Å². The lowest BCUT2D eigenvalue weighted by Gasteiger charge is -2.26. The van der Waals surface area contributed by atoms with Crippen LogP contribution in [-0.2, 0) is 13.0 Å². The zero-order chi connectivity index (χ0) is 15.4. The molecule has 0 radical (unpaired) electrons. The standard InChI is InChI=1S/C18H20FNO2/c1-21-16-8-4-14-5-9-17(22-18(14)10-16)12-20-11-13-2-6-15(19)7-3-13/h2-4,6-8,10,17,20H,5,9,11-12H2,1H3. The van der Waals surface area contributed by atoms with E-state index in [-0.39, 0.29) is 11.9 Å². The summed E-state index contributed by atoms with van der Waals surface area (Å²) in [6.45, 7) is 1.49. The van der Waals surface area contributed by atoms with E-state index >= 15 is 0 Å². The molecule has 3 nitrogen and oxygen atoms in total. The minimum Gasteiger partial charge on any atom is -0.497 e. The van der Waals surface area contributed by atoms with Crippen molar-refractivity contribution in [2.75, 3.05) is 13.7 Å². The molecule has 0 saturated heterocycles. The zero-order valence-electron chi connectivity index (χ0n) is 12.6. The molecule has 22 heavy (non-hydrogen) atoms. The van der Waals surface area contributed by atoms with Gasteiger partial charge in [0.25, 0.3) is 0 Å². The van der Waals surface area contributed by atoms with Crippen LogP contribution in [0.4, 0.5) is 4.39 Å². The van der Waals surface area contributed by atoms with Gasteiger partial charge in [-0.15, -0.1) is 0 Å². The number of halogens is 1. The highest BCUT2D eigenvalue weighted by atomic mass is 19.1. The number of hydrogen-bond donors (Lipinski definition) is 1. The third-order valence-corrected chi connectivity index (χ3v) is 3.92. The molecule has 1 atom stereocenters. The lowest BCUT2D eigenvalue weighted by atomic mass is 10.0. The molecular formula is C18H20FNO2. The van der Waals surface area contributed by atoms with Crippen LogP contribution in [0.5, 0.6) is 11.5 Å². The molecular weight excluding hydrogens is 281 g/mol. The molecule has 1 heterocycles. The van der Waals surface area contributed by atoms with E-state index < -0.39 is 0 Å². The molecule has 1 unspecified atom stereocenters. The van der Waals surface area contributed by atoms with E-state index in [0.29, 0.717) is 6.54 Å². The topological polar surface area (TPSA) is 30.5 Å². The molecule has 2 aromatic rings. The minimum absolute atomic E-state index is 0.153. The number of fused-ring (bicyclic) bond motifs is 1. The van der Waals surface area contributed by atoms with Crippen LogP contribution in [0.2, 0.25) is 0 Å². The van der Waals surface area contributed by atoms with Gasteiger partial charge >= 0.3 is 0 Å². The fourth-order valence-corrected chi connectivity index (χ4v) is 2.66. The summed E-state index contributed by atoms with van der Waals surface area (Å²) >= 11 is 0. The summed E-state index contributed by atoms with van der Waals surface area (Å²) in [6, 6.07) is 12.5. The molecule has 4 heteroatoms. The maximum atomic E-state index is 12.9. The minimum atomic E-state index is -0.204. The first kappa shape index (κ1) is 14.9. The maximum absolute atomic E-state index is 12.9. The molecule has 0 bridgehead atoms. The average Bonchev–Trinajstić information content (AvgIpc) is 2.56. The second-order valence-electron chi connectivity index (χ2n) is 5.51. The fraction of sp³-hybridized carbons (Fsp3) is 0.333. The van der Waals surface area contributed by atoms with Crippen LogP contribution < -0.4 is 14.8 Å². The summed E-state index contributed by atoms with van der Waals surface area (Å²) in [4.78, 5) is 0. The maximum Gasteiger partial charge on any atom is 0.126 e. The summed E-state index contributed by atoms with van der Waals surface area (Å²) in [5.74, 6) is 1.53. The molecule has 2 aromatic carbocycles. The van der Waals surface area contributed by atoms with Gasteiger partial charge in [-0.2, -0.15) is 0 Å². The Morgan fingerprint density at radius 1 is 1.23 bits per heavy atom. The van der Waals surface area contributed by atoms with Crippen molar-refractivity contribution in [2.24, 2.45) is 0 Å². The lowest BCUT2D eigenvalue weighted by Crippen LogP contribution is -2.33. The Bertz CT molecular complexity index is 627. The van der Waals surface area contributed by atoms with Gasteiger partial charge in [0.1, 0.15) is 23.4 Å². The molecule has 0 fully saturated rings. The number of benzene rings is 2. The van der Waals surface area contributed by atoms with Crippen molar-refractivity contribution in [1.29, 1.82) is 0 Å². The monoisotopic (exact) mass is 301 g/mol. The first-order valence-corrected chi connectivity index (χ1v) is 7.53. The van der Waals surface area contributed by atoms with Gasteiger partial charge in [-0.1, -0.05) is 18.2 Å². The molecule has 3 rings (SSSR count). The SMILES string of the molecule is COc1ccc2c(c1)OC(CNCc1ccc(F)cc1)CC2. The van der Waals surface area contributed by atoms with Crippen LogP contribution in [0.15, 0.2) is 42.5 Å². The van der Waals surface area contributed by atoms with E-state index in [1.807, 2.05) is 12.1 Å². The Hall–Kier alpha value is -2.07. The smallest absolute Gasteiger partial charge is 0.126 e. The Morgan fingerprint density at radius 3 is 2.82 bits per heavy atom. The molecule has 116 valence electrons. The molecule has 0 saturated carbocycles. The van der Waals surface area contributed by atoms with Gasteiger partial charge in [-0.3, -0.25) is 0 Å². The van der Waals surface area contributed by atoms with E-state index in [1.165, 1.54) is 17.7 Å². The average molecular weight is 301 g/mol. The van der Waals surface area contributed by atoms with Crippen molar-refractivity contribution in [2.45, 2.75) is 25.5 Å². The van der Waals surface area contributed by atoms with Crippen molar-refractivity contribution < 1.29 is 13.9 Å². The van der Waals surface area contributed by atoms with Crippen molar-refractivity contribution in [3.8, 4) is 11.5 Å². The fourth-order valence-electron chi connectivity index (χ4n) is 2.66. The first-order valence-electron chi connectivity index (χ1n) is 7.53. The number of nitrogens with one attached hydrogen (secondary N) is 1. The predicted octanol–water partition coefficient (Wildman–Crippen LogP) is 3.32. The second kappa shape index (κ2) is 6.79.